The second-order valence-electron chi connectivity index (χ2n) is 6.38. The van der Waals surface area contributed by atoms with Crippen LogP contribution in [0.4, 0.5) is 0 Å². The molecule has 1 aromatic heterocycles. The molecule has 2 aromatic rings. The van der Waals surface area contributed by atoms with Crippen molar-refractivity contribution >= 4 is 0 Å². The molecular weight excluding hydrogens is 268 g/mol. The van der Waals surface area contributed by atoms with E-state index in [2.05, 4.69) is 48.4 Å². The van der Waals surface area contributed by atoms with Gasteiger partial charge in [0.1, 0.15) is 0 Å². The number of aromatic nitrogens is 1. The Morgan fingerprint density at radius 1 is 1.14 bits per heavy atom. The van der Waals surface area contributed by atoms with Crippen molar-refractivity contribution in [3.63, 3.8) is 0 Å². The minimum Gasteiger partial charge on any atom is -0.317 e. The van der Waals surface area contributed by atoms with Crippen molar-refractivity contribution in [2.24, 2.45) is 0 Å². The van der Waals surface area contributed by atoms with E-state index in [-0.39, 0.29) is 0 Å². The average Bonchev–Trinajstić information content (AvgIpc) is 2.57. The van der Waals surface area contributed by atoms with E-state index >= 15 is 0 Å². The lowest BCUT2D eigenvalue weighted by Gasteiger charge is -2.24. The van der Waals surface area contributed by atoms with E-state index in [0.29, 0.717) is 0 Å². The fourth-order valence-corrected chi connectivity index (χ4v) is 3.51. The number of rotatable bonds is 4. The number of nitrogens with zero attached hydrogens (tertiary/aromatic N) is 1. The van der Waals surface area contributed by atoms with Crippen molar-refractivity contribution in [1.29, 1.82) is 0 Å². The molecule has 0 saturated carbocycles. The molecule has 1 saturated heterocycles. The Morgan fingerprint density at radius 2 is 1.95 bits per heavy atom. The van der Waals surface area contributed by atoms with E-state index in [4.69, 9.17) is 0 Å². The van der Waals surface area contributed by atoms with Gasteiger partial charge in [-0.05, 0) is 73.5 Å². The first-order valence-corrected chi connectivity index (χ1v) is 8.54. The zero-order valence-corrected chi connectivity index (χ0v) is 13.7. The van der Waals surface area contributed by atoms with Crippen molar-refractivity contribution in [1.82, 2.24) is 10.3 Å². The molecule has 0 unspecified atom stereocenters. The highest BCUT2D eigenvalue weighted by atomic mass is 14.9. The van der Waals surface area contributed by atoms with Crippen LogP contribution in [0.15, 0.2) is 36.7 Å². The van der Waals surface area contributed by atoms with Crippen molar-refractivity contribution in [3.8, 4) is 11.1 Å². The van der Waals surface area contributed by atoms with Gasteiger partial charge in [0.15, 0.2) is 0 Å². The number of nitrogens with one attached hydrogen (secondary N) is 1. The molecule has 0 radical (unpaired) electrons. The van der Waals surface area contributed by atoms with Crippen LogP contribution >= 0.6 is 0 Å². The molecule has 3 rings (SSSR count). The van der Waals surface area contributed by atoms with Gasteiger partial charge in [-0.3, -0.25) is 4.98 Å². The summed E-state index contributed by atoms with van der Waals surface area (Å²) in [5.74, 6) is 0.723. The maximum atomic E-state index is 4.33. The third kappa shape index (κ3) is 3.22. The molecule has 1 fully saturated rings. The predicted molar refractivity (Wildman–Crippen MR) is 93.2 cm³/mol. The Bertz CT molecular complexity index is 627. The minimum atomic E-state index is 0.723. The molecule has 22 heavy (non-hydrogen) atoms. The molecular formula is C20H26N2. The van der Waals surface area contributed by atoms with Crippen LogP contribution in [-0.2, 0) is 6.42 Å². The van der Waals surface area contributed by atoms with Crippen molar-refractivity contribution in [2.45, 2.75) is 45.4 Å². The molecule has 0 aliphatic carbocycles. The van der Waals surface area contributed by atoms with Gasteiger partial charge < -0.3 is 5.32 Å². The molecule has 0 atom stereocenters. The van der Waals surface area contributed by atoms with Gasteiger partial charge in [0.25, 0.3) is 0 Å². The topological polar surface area (TPSA) is 24.9 Å². The molecule has 1 N–H and O–H groups in total. The number of hydrogen-bond acceptors (Lipinski definition) is 2. The van der Waals surface area contributed by atoms with Crippen LogP contribution in [0.25, 0.3) is 11.1 Å². The zero-order chi connectivity index (χ0) is 15.4. The molecule has 0 amide bonds. The summed E-state index contributed by atoms with van der Waals surface area (Å²) in [5.41, 5.74) is 6.96. The van der Waals surface area contributed by atoms with Crippen LogP contribution in [0.3, 0.4) is 0 Å². The monoisotopic (exact) mass is 294 g/mol. The average molecular weight is 294 g/mol. The summed E-state index contributed by atoms with van der Waals surface area (Å²) in [6.45, 7) is 6.74. The van der Waals surface area contributed by atoms with E-state index < -0.39 is 0 Å². The molecule has 1 aliphatic rings. The molecule has 2 heterocycles. The normalized spacial score (nSPS) is 15.9. The zero-order valence-electron chi connectivity index (χ0n) is 13.7. The highest BCUT2D eigenvalue weighted by Gasteiger charge is 2.17. The predicted octanol–water partition coefficient (Wildman–Crippen LogP) is 4.48. The molecule has 2 nitrogen and oxygen atoms in total. The molecule has 116 valence electrons. The second kappa shape index (κ2) is 7.06. The van der Waals surface area contributed by atoms with E-state index in [1.54, 1.807) is 0 Å². The maximum absolute atomic E-state index is 4.33. The summed E-state index contributed by atoms with van der Waals surface area (Å²) >= 11 is 0. The lowest BCUT2D eigenvalue weighted by atomic mass is 9.86. The number of benzene rings is 1. The van der Waals surface area contributed by atoms with Crippen LogP contribution in [0, 0.1) is 6.92 Å². The Balaban J connectivity index is 1.98. The number of piperidine rings is 1. The molecule has 1 aromatic carbocycles. The quantitative estimate of drug-likeness (QED) is 0.899. The van der Waals surface area contributed by atoms with Crippen LogP contribution in [0.5, 0.6) is 0 Å². The fourth-order valence-electron chi connectivity index (χ4n) is 3.51. The lowest BCUT2D eigenvalue weighted by molar-refractivity contribution is 0.460. The molecule has 2 heteroatoms. The summed E-state index contributed by atoms with van der Waals surface area (Å²) < 4.78 is 0. The number of pyridine rings is 1. The SMILES string of the molecule is CCCc1cc(C2CCNCC2)ccc1-c1cnccc1C. The van der Waals surface area contributed by atoms with Crippen LogP contribution in [0.2, 0.25) is 0 Å². The Morgan fingerprint density at radius 3 is 2.68 bits per heavy atom. The maximum Gasteiger partial charge on any atom is 0.0349 e. The van der Waals surface area contributed by atoms with Gasteiger partial charge in [0.2, 0.25) is 0 Å². The third-order valence-corrected chi connectivity index (χ3v) is 4.79. The standard InChI is InChI=1S/C20H26N2/c1-3-4-18-13-17(16-8-11-21-12-9-16)5-6-19(18)20-14-22-10-7-15(20)2/h5-7,10,13-14,16,21H,3-4,8-9,11-12H2,1-2H3. The Hall–Kier alpha value is -1.67. The highest BCUT2D eigenvalue weighted by molar-refractivity contribution is 5.70. The highest BCUT2D eigenvalue weighted by Crippen LogP contribution is 2.32. The van der Waals surface area contributed by atoms with Crippen LogP contribution < -0.4 is 5.32 Å². The molecule has 1 aliphatic heterocycles. The Kier molecular flexibility index (Phi) is 4.89. The largest absolute Gasteiger partial charge is 0.317 e. The first kappa shape index (κ1) is 15.2. The summed E-state index contributed by atoms with van der Waals surface area (Å²) in [6, 6.07) is 9.23. The third-order valence-electron chi connectivity index (χ3n) is 4.79. The van der Waals surface area contributed by atoms with E-state index in [0.717, 1.165) is 25.4 Å². The van der Waals surface area contributed by atoms with Gasteiger partial charge in [0, 0.05) is 18.0 Å². The van der Waals surface area contributed by atoms with Gasteiger partial charge >= 0.3 is 0 Å². The van der Waals surface area contributed by atoms with Gasteiger partial charge in [-0.15, -0.1) is 0 Å². The smallest absolute Gasteiger partial charge is 0.0349 e. The molecule has 0 spiro atoms. The van der Waals surface area contributed by atoms with Gasteiger partial charge in [-0.25, -0.2) is 0 Å². The minimum absolute atomic E-state index is 0.723. The summed E-state index contributed by atoms with van der Waals surface area (Å²) in [5, 5.41) is 3.46. The Labute approximate surface area is 134 Å². The van der Waals surface area contributed by atoms with Crippen molar-refractivity contribution in [2.75, 3.05) is 13.1 Å². The van der Waals surface area contributed by atoms with Gasteiger partial charge in [-0.1, -0.05) is 31.5 Å². The summed E-state index contributed by atoms with van der Waals surface area (Å²) in [4.78, 5) is 4.33. The van der Waals surface area contributed by atoms with Crippen LogP contribution in [0.1, 0.15) is 48.8 Å². The van der Waals surface area contributed by atoms with E-state index in [1.807, 2.05) is 12.4 Å². The number of hydrogen-bond donors (Lipinski definition) is 1. The second-order valence-corrected chi connectivity index (χ2v) is 6.38. The fraction of sp³-hybridized carbons (Fsp3) is 0.450. The van der Waals surface area contributed by atoms with E-state index in [9.17, 15) is 0 Å². The summed E-state index contributed by atoms with van der Waals surface area (Å²) in [7, 11) is 0. The number of aryl methyl sites for hydroxylation is 2. The van der Waals surface area contributed by atoms with Gasteiger partial charge in [0.05, 0.1) is 0 Å². The molecule has 0 bridgehead atoms. The first-order valence-electron chi connectivity index (χ1n) is 8.54. The summed E-state index contributed by atoms with van der Waals surface area (Å²) in [6.07, 6.45) is 8.73. The van der Waals surface area contributed by atoms with E-state index in [1.165, 1.54) is 47.1 Å². The van der Waals surface area contributed by atoms with Crippen molar-refractivity contribution < 1.29 is 0 Å². The van der Waals surface area contributed by atoms with Crippen LogP contribution in [-0.4, -0.2) is 18.1 Å². The van der Waals surface area contributed by atoms with Crippen molar-refractivity contribution in [3.05, 3.63) is 53.3 Å². The first-order chi connectivity index (χ1) is 10.8. The van der Waals surface area contributed by atoms with Gasteiger partial charge in [-0.2, -0.15) is 0 Å². The lowest BCUT2D eigenvalue weighted by Crippen LogP contribution is -2.26.